The Morgan fingerprint density at radius 1 is 1.11 bits per heavy atom. The van der Waals surface area contributed by atoms with Gasteiger partial charge in [-0.1, -0.05) is 38.0 Å². The number of hydrogen-bond donors (Lipinski definition) is 2. The van der Waals surface area contributed by atoms with Crippen molar-refractivity contribution in [2.45, 2.75) is 76.8 Å². The molecule has 1 saturated carbocycles. The highest BCUT2D eigenvalue weighted by Gasteiger charge is 2.37. The zero-order valence-electron chi connectivity index (χ0n) is 21.6. The maximum Gasteiger partial charge on any atom is 0.270 e. The van der Waals surface area contributed by atoms with Crippen LogP contribution in [-0.2, 0) is 14.9 Å². The molecule has 0 radical (unpaired) electrons. The first-order valence-corrected chi connectivity index (χ1v) is 13.4. The fourth-order valence-electron chi connectivity index (χ4n) is 6.10. The number of nitrogens with one attached hydrogen (secondary N) is 2. The van der Waals surface area contributed by atoms with E-state index in [1.54, 1.807) is 16.9 Å². The third-order valence-electron chi connectivity index (χ3n) is 8.32. The van der Waals surface area contributed by atoms with E-state index in [-0.39, 0.29) is 29.2 Å². The number of benzene rings is 1. The molecule has 192 valence electrons. The molecular weight excluding hydrogens is 452 g/mol. The summed E-state index contributed by atoms with van der Waals surface area (Å²) in [6.07, 6.45) is 12.1. The van der Waals surface area contributed by atoms with Gasteiger partial charge in [-0.05, 0) is 80.7 Å². The van der Waals surface area contributed by atoms with E-state index in [9.17, 15) is 9.59 Å². The van der Waals surface area contributed by atoms with Crippen LogP contribution in [0.1, 0.15) is 87.0 Å². The van der Waals surface area contributed by atoms with Crippen molar-refractivity contribution in [3.63, 3.8) is 0 Å². The average molecular weight is 491 g/mol. The second-order valence-corrected chi connectivity index (χ2v) is 11.1. The molecule has 2 heterocycles. The molecule has 36 heavy (non-hydrogen) atoms. The first-order chi connectivity index (χ1) is 17.4. The molecule has 1 spiro atoms. The van der Waals surface area contributed by atoms with E-state index < -0.39 is 6.04 Å². The number of allylic oxidation sites excluding steroid dienone is 1. The van der Waals surface area contributed by atoms with Gasteiger partial charge in [0, 0.05) is 36.6 Å². The molecule has 7 nitrogen and oxygen atoms in total. The van der Waals surface area contributed by atoms with E-state index in [4.69, 9.17) is 4.74 Å². The molecule has 1 aromatic carbocycles. The molecule has 1 aromatic heterocycles. The van der Waals surface area contributed by atoms with Gasteiger partial charge in [0.2, 0.25) is 5.91 Å². The summed E-state index contributed by atoms with van der Waals surface area (Å²) in [5, 5.41) is 10.5. The van der Waals surface area contributed by atoms with Crippen molar-refractivity contribution in [1.82, 2.24) is 15.1 Å². The van der Waals surface area contributed by atoms with Crippen LogP contribution in [0.3, 0.4) is 0 Å². The topological polar surface area (TPSA) is 85.2 Å². The molecule has 2 aromatic rings. The molecule has 7 heteroatoms. The lowest BCUT2D eigenvalue weighted by molar-refractivity contribution is -0.119. The van der Waals surface area contributed by atoms with Crippen LogP contribution in [-0.4, -0.2) is 40.9 Å². The minimum atomic E-state index is -0.592. The number of carbonyl (C=O) groups is 2. The van der Waals surface area contributed by atoms with Crippen LogP contribution < -0.4 is 10.6 Å². The normalized spacial score (nSPS) is 23.4. The van der Waals surface area contributed by atoms with Crippen molar-refractivity contribution < 1.29 is 14.3 Å². The van der Waals surface area contributed by atoms with E-state index in [1.807, 2.05) is 19.9 Å². The van der Waals surface area contributed by atoms with Crippen molar-refractivity contribution in [3.05, 3.63) is 53.4 Å². The van der Waals surface area contributed by atoms with Crippen LogP contribution in [0.15, 0.2) is 36.5 Å². The lowest BCUT2D eigenvalue weighted by atomic mass is 9.76. The molecule has 5 rings (SSSR count). The Balaban J connectivity index is 1.34. The van der Waals surface area contributed by atoms with E-state index in [1.165, 1.54) is 5.56 Å². The molecule has 3 aliphatic rings. The summed E-state index contributed by atoms with van der Waals surface area (Å²) in [5.74, 6) is 0.365. The van der Waals surface area contributed by atoms with Gasteiger partial charge in [0.1, 0.15) is 11.7 Å². The van der Waals surface area contributed by atoms with Crippen molar-refractivity contribution in [2.24, 2.45) is 11.8 Å². The SMILES string of the molecule is CC(C)n1nccc1C(=O)NC(C(=O)Nc1ccc2c(c1)C=CC21CCOCC1)[C@H]1CC[C@H](C)CC1. The Bertz CT molecular complexity index is 1140. The maximum atomic E-state index is 13.6. The quantitative estimate of drug-likeness (QED) is 0.590. The van der Waals surface area contributed by atoms with Crippen LogP contribution in [0, 0.1) is 11.8 Å². The number of rotatable bonds is 6. The van der Waals surface area contributed by atoms with Crippen molar-refractivity contribution in [3.8, 4) is 0 Å². The summed E-state index contributed by atoms with van der Waals surface area (Å²) in [6, 6.07) is 7.38. The molecule has 0 bridgehead atoms. The zero-order chi connectivity index (χ0) is 25.3. The number of hydrogen-bond acceptors (Lipinski definition) is 4. The van der Waals surface area contributed by atoms with Gasteiger partial charge in [-0.2, -0.15) is 5.10 Å². The summed E-state index contributed by atoms with van der Waals surface area (Å²) in [6.45, 7) is 7.79. The van der Waals surface area contributed by atoms with E-state index in [0.29, 0.717) is 11.6 Å². The van der Waals surface area contributed by atoms with E-state index in [2.05, 4.69) is 46.9 Å². The number of anilines is 1. The summed E-state index contributed by atoms with van der Waals surface area (Å²) < 4.78 is 7.29. The highest BCUT2D eigenvalue weighted by atomic mass is 16.5. The largest absolute Gasteiger partial charge is 0.381 e. The van der Waals surface area contributed by atoms with Crippen LogP contribution in [0.25, 0.3) is 6.08 Å². The van der Waals surface area contributed by atoms with E-state index in [0.717, 1.165) is 63.0 Å². The lowest BCUT2D eigenvalue weighted by Crippen LogP contribution is -2.49. The molecule has 1 unspecified atom stereocenters. The standard InChI is InChI=1S/C29H38N4O3/c1-19(2)33-25(11-15-30-33)27(34)32-26(21-6-4-20(3)5-7-21)28(35)31-23-8-9-24-22(18-23)10-12-29(24)13-16-36-17-14-29/h8-12,15,18-21,26H,4-7,13-14,16-17H2,1-3H3,(H,31,35)(H,32,34)/t20-,21-,26?. The number of aromatic nitrogens is 2. The predicted octanol–water partition coefficient (Wildman–Crippen LogP) is 5.10. The molecule has 2 fully saturated rings. The van der Waals surface area contributed by atoms with Gasteiger partial charge in [0.05, 0.1) is 0 Å². The molecular formula is C29H38N4O3. The molecule has 1 atom stereocenters. The van der Waals surface area contributed by atoms with E-state index >= 15 is 0 Å². The first-order valence-electron chi connectivity index (χ1n) is 13.4. The van der Waals surface area contributed by atoms with Crippen LogP contribution in [0.5, 0.6) is 0 Å². The second-order valence-electron chi connectivity index (χ2n) is 11.1. The minimum absolute atomic E-state index is 0.0574. The molecule has 1 saturated heterocycles. The third kappa shape index (κ3) is 4.85. The van der Waals surface area contributed by atoms with Gasteiger partial charge in [-0.3, -0.25) is 14.3 Å². The number of ether oxygens (including phenoxy) is 1. The molecule has 2 amide bonds. The van der Waals surface area contributed by atoms with Crippen LogP contribution >= 0.6 is 0 Å². The van der Waals surface area contributed by atoms with Gasteiger partial charge in [0.15, 0.2) is 0 Å². The fraction of sp³-hybridized carbons (Fsp3) is 0.552. The Hall–Kier alpha value is -2.93. The highest BCUT2D eigenvalue weighted by molar-refractivity contribution is 6.01. The number of nitrogens with zero attached hydrogens (tertiary/aromatic N) is 2. The Labute approximate surface area is 213 Å². The Morgan fingerprint density at radius 2 is 1.86 bits per heavy atom. The number of amides is 2. The van der Waals surface area contributed by atoms with Crippen molar-refractivity contribution >= 4 is 23.6 Å². The lowest BCUT2D eigenvalue weighted by Gasteiger charge is -2.33. The average Bonchev–Trinajstić information content (AvgIpc) is 3.50. The highest BCUT2D eigenvalue weighted by Crippen LogP contribution is 2.44. The first kappa shape index (κ1) is 24.8. The van der Waals surface area contributed by atoms with Crippen LogP contribution in [0.2, 0.25) is 0 Å². The molecule has 2 N–H and O–H groups in total. The molecule has 2 aliphatic carbocycles. The van der Waals surface area contributed by atoms with Gasteiger partial charge in [0.25, 0.3) is 5.91 Å². The number of carbonyl (C=O) groups excluding carboxylic acids is 2. The fourth-order valence-corrected chi connectivity index (χ4v) is 6.10. The minimum Gasteiger partial charge on any atom is -0.381 e. The van der Waals surface area contributed by atoms with Crippen molar-refractivity contribution in [1.29, 1.82) is 0 Å². The smallest absolute Gasteiger partial charge is 0.270 e. The zero-order valence-corrected chi connectivity index (χ0v) is 21.6. The monoisotopic (exact) mass is 490 g/mol. The summed E-state index contributed by atoms with van der Waals surface area (Å²) in [7, 11) is 0. The molecule has 1 aliphatic heterocycles. The summed E-state index contributed by atoms with van der Waals surface area (Å²) in [4.78, 5) is 26.9. The maximum absolute atomic E-state index is 13.6. The van der Waals surface area contributed by atoms with Gasteiger partial charge in [-0.15, -0.1) is 0 Å². The van der Waals surface area contributed by atoms with Gasteiger partial charge in [-0.25, -0.2) is 0 Å². The second kappa shape index (κ2) is 10.2. The van der Waals surface area contributed by atoms with Crippen molar-refractivity contribution in [2.75, 3.05) is 18.5 Å². The summed E-state index contributed by atoms with van der Waals surface area (Å²) >= 11 is 0. The Kier molecular flexibility index (Phi) is 7.02. The number of fused-ring (bicyclic) bond motifs is 2. The summed E-state index contributed by atoms with van der Waals surface area (Å²) in [5.41, 5.74) is 3.78. The predicted molar refractivity (Wildman–Crippen MR) is 141 cm³/mol. The Morgan fingerprint density at radius 3 is 2.58 bits per heavy atom. The van der Waals surface area contributed by atoms with Crippen LogP contribution in [0.4, 0.5) is 5.69 Å². The van der Waals surface area contributed by atoms with Gasteiger partial charge < -0.3 is 15.4 Å². The van der Waals surface area contributed by atoms with Gasteiger partial charge >= 0.3 is 0 Å². The third-order valence-corrected chi connectivity index (χ3v) is 8.32.